The fraction of sp³-hybridized carbons (Fsp3) is 0.562. The van der Waals surface area contributed by atoms with Crippen LogP contribution in [-0.4, -0.2) is 74.0 Å². The van der Waals surface area contributed by atoms with E-state index in [-0.39, 0.29) is 56.4 Å². The van der Waals surface area contributed by atoms with Gasteiger partial charge in [-0.25, -0.2) is 18.5 Å². The van der Waals surface area contributed by atoms with Gasteiger partial charge in [-0.2, -0.15) is 13.6 Å². The molecule has 4 atom stereocenters. The monoisotopic (exact) mass is 605 g/mol. The van der Waals surface area contributed by atoms with E-state index in [2.05, 4.69) is 35.3 Å². The lowest BCUT2D eigenvalue weighted by molar-refractivity contribution is -0.119. The third kappa shape index (κ3) is 11.4. The number of amides is 1. The van der Waals surface area contributed by atoms with Crippen LogP contribution in [0.1, 0.15) is 24.6 Å². The number of rotatable bonds is 13. The van der Waals surface area contributed by atoms with Gasteiger partial charge in [0, 0.05) is 12.7 Å². The van der Waals surface area contributed by atoms with E-state index < -0.39 is 48.1 Å². The van der Waals surface area contributed by atoms with Crippen molar-refractivity contribution in [2.24, 2.45) is 5.73 Å². The Morgan fingerprint density at radius 3 is 2.58 bits per heavy atom. The molecular weight excluding hydrogens is 579 g/mol. The molecule has 1 aliphatic rings. The SMILES string of the molecule is NCC(=O)NCCOCC#Cc1cn([C@H]2CC[C@@H](COP(=O)(O)OP(=O)(O)OP(=O)(O)O)O2)c(=O)nc1N. The quantitative estimate of drug-likeness (QED) is 0.0748. The van der Waals surface area contributed by atoms with Gasteiger partial charge >= 0.3 is 29.2 Å². The molecule has 9 N–H and O–H groups in total. The fourth-order valence-electron chi connectivity index (χ4n) is 2.87. The minimum absolute atomic E-state index is 0.0142. The van der Waals surface area contributed by atoms with Crippen LogP contribution in [0.5, 0.6) is 0 Å². The summed E-state index contributed by atoms with van der Waals surface area (Å²) >= 11 is 0. The molecule has 0 aliphatic carbocycles. The molecule has 1 aliphatic heterocycles. The Kier molecular flexibility index (Phi) is 11.8. The second-order valence-electron chi connectivity index (χ2n) is 7.31. The van der Waals surface area contributed by atoms with Gasteiger partial charge in [0.25, 0.3) is 0 Å². The highest BCUT2D eigenvalue weighted by molar-refractivity contribution is 7.66. The molecule has 1 aromatic heterocycles. The van der Waals surface area contributed by atoms with Crippen molar-refractivity contribution in [2.45, 2.75) is 25.2 Å². The number of hydrogen-bond donors (Lipinski definition) is 7. The summed E-state index contributed by atoms with van der Waals surface area (Å²) in [4.78, 5) is 62.8. The van der Waals surface area contributed by atoms with Gasteiger partial charge in [0.05, 0.1) is 31.4 Å². The number of nitrogens with two attached hydrogens (primary N) is 2. The van der Waals surface area contributed by atoms with E-state index in [1.807, 2.05) is 0 Å². The molecular formula is C16H26N5O14P3. The van der Waals surface area contributed by atoms with Gasteiger partial charge in [-0.1, -0.05) is 11.8 Å². The van der Waals surface area contributed by atoms with Crippen LogP contribution in [0.4, 0.5) is 5.82 Å². The summed E-state index contributed by atoms with van der Waals surface area (Å²) in [6, 6.07) is 0. The minimum atomic E-state index is -5.65. The molecule has 0 spiro atoms. The maximum absolute atomic E-state index is 12.3. The maximum Gasteiger partial charge on any atom is 0.490 e. The molecule has 22 heteroatoms. The Morgan fingerprint density at radius 2 is 1.92 bits per heavy atom. The van der Waals surface area contributed by atoms with Gasteiger partial charge in [0.1, 0.15) is 18.7 Å². The standard InChI is InChI=1S/C16H26N5O14P3/c17-8-13(22)19-5-7-31-6-1-2-11-9-21(16(23)20-15(11)18)14-4-3-12(33-14)10-32-37(27,28)35-38(29,30)34-36(24,25)26/h9,12,14H,3-8,10,17H2,(H,19,22)(H,27,28)(H,29,30)(H2,18,20,23)(H2,24,25,26)/t12-,14+/m0/s1. The molecule has 1 amide bonds. The van der Waals surface area contributed by atoms with Crippen LogP contribution in [-0.2, 0) is 41.1 Å². The zero-order valence-corrected chi connectivity index (χ0v) is 22.1. The number of phosphoric ester groups is 1. The van der Waals surface area contributed by atoms with Gasteiger partial charge in [-0.05, 0) is 12.8 Å². The first-order chi connectivity index (χ1) is 17.6. The van der Waals surface area contributed by atoms with E-state index in [9.17, 15) is 33.1 Å². The third-order valence-corrected chi connectivity index (χ3v) is 8.17. The summed E-state index contributed by atoms with van der Waals surface area (Å²) in [5.74, 6) is 4.90. The first-order valence-corrected chi connectivity index (χ1v) is 15.0. The normalized spacial score (nSPS) is 20.7. The van der Waals surface area contributed by atoms with Crippen LogP contribution in [0, 0.1) is 11.8 Å². The van der Waals surface area contributed by atoms with Crippen molar-refractivity contribution in [1.82, 2.24) is 14.9 Å². The average Bonchev–Trinajstić information content (AvgIpc) is 3.24. The van der Waals surface area contributed by atoms with Crippen molar-refractivity contribution in [3.05, 3.63) is 22.2 Å². The lowest BCUT2D eigenvalue weighted by atomic mass is 10.2. The number of nitrogens with zero attached hydrogens (tertiary/aromatic N) is 2. The van der Waals surface area contributed by atoms with E-state index in [0.717, 1.165) is 4.57 Å². The van der Waals surface area contributed by atoms with Crippen molar-refractivity contribution < 1.29 is 60.7 Å². The maximum atomic E-state index is 12.3. The first kappa shape index (κ1) is 32.2. The van der Waals surface area contributed by atoms with Crippen LogP contribution >= 0.6 is 23.5 Å². The zero-order valence-electron chi connectivity index (χ0n) is 19.4. The van der Waals surface area contributed by atoms with Crippen molar-refractivity contribution in [2.75, 3.05) is 38.6 Å². The lowest BCUT2D eigenvalue weighted by Crippen LogP contribution is -2.32. The number of hydrogen-bond acceptors (Lipinski definition) is 13. The number of anilines is 1. The smallest absolute Gasteiger partial charge is 0.382 e. The molecule has 0 radical (unpaired) electrons. The number of phosphoric acid groups is 3. The van der Waals surface area contributed by atoms with Gasteiger partial charge in [0.15, 0.2) is 0 Å². The highest BCUT2D eigenvalue weighted by Crippen LogP contribution is 2.66. The molecule has 2 unspecified atom stereocenters. The predicted octanol–water partition coefficient (Wildman–Crippen LogP) is -1.71. The molecule has 214 valence electrons. The summed E-state index contributed by atoms with van der Waals surface area (Å²) in [7, 11) is -16.5. The summed E-state index contributed by atoms with van der Waals surface area (Å²) in [5.41, 5.74) is 10.3. The largest absolute Gasteiger partial charge is 0.490 e. The summed E-state index contributed by atoms with van der Waals surface area (Å²) in [6.45, 7) is -0.381. The Bertz CT molecular complexity index is 1260. The van der Waals surface area contributed by atoms with Crippen molar-refractivity contribution >= 4 is 35.2 Å². The average molecular weight is 605 g/mol. The predicted molar refractivity (Wildman–Crippen MR) is 126 cm³/mol. The Morgan fingerprint density at radius 1 is 1.21 bits per heavy atom. The van der Waals surface area contributed by atoms with Crippen LogP contribution < -0.4 is 22.5 Å². The minimum Gasteiger partial charge on any atom is -0.382 e. The number of carbonyl (C=O) groups is 1. The molecule has 1 aromatic rings. The number of carbonyl (C=O) groups excluding carboxylic acids is 1. The second kappa shape index (κ2) is 13.9. The Labute approximate surface area is 214 Å². The molecule has 2 rings (SSSR count). The van der Waals surface area contributed by atoms with Gasteiger partial charge in [-0.3, -0.25) is 13.9 Å². The third-order valence-electron chi connectivity index (χ3n) is 4.37. The van der Waals surface area contributed by atoms with Crippen molar-refractivity contribution in [3.63, 3.8) is 0 Å². The van der Waals surface area contributed by atoms with E-state index in [0.29, 0.717) is 0 Å². The highest BCUT2D eigenvalue weighted by Gasteiger charge is 2.41. The summed E-state index contributed by atoms with van der Waals surface area (Å²) < 4.78 is 57.6. The molecule has 0 saturated carbocycles. The van der Waals surface area contributed by atoms with Crippen molar-refractivity contribution in [1.29, 1.82) is 0 Å². The first-order valence-electron chi connectivity index (χ1n) is 10.5. The van der Waals surface area contributed by atoms with Crippen LogP contribution in [0.25, 0.3) is 0 Å². The molecule has 1 saturated heterocycles. The van der Waals surface area contributed by atoms with Crippen molar-refractivity contribution in [3.8, 4) is 11.8 Å². The topological polar surface area (TPSA) is 294 Å². The molecule has 19 nitrogen and oxygen atoms in total. The van der Waals surface area contributed by atoms with Gasteiger partial charge in [-0.15, -0.1) is 0 Å². The Balaban J connectivity index is 1.93. The Hall–Kier alpha value is -2.00. The van der Waals surface area contributed by atoms with Gasteiger partial charge < -0.3 is 45.8 Å². The number of ether oxygens (including phenoxy) is 2. The molecule has 0 bridgehead atoms. The highest BCUT2D eigenvalue weighted by atomic mass is 31.3. The van der Waals surface area contributed by atoms with E-state index in [1.165, 1.54) is 6.20 Å². The fourth-order valence-corrected chi connectivity index (χ4v) is 5.92. The molecule has 2 heterocycles. The molecule has 1 fully saturated rings. The number of aromatic nitrogens is 2. The molecule has 38 heavy (non-hydrogen) atoms. The number of nitrogens with one attached hydrogen (secondary N) is 1. The second-order valence-corrected chi connectivity index (χ2v) is 11.7. The molecule has 0 aromatic carbocycles. The number of nitrogen functional groups attached to an aromatic ring is 1. The van der Waals surface area contributed by atoms with Crippen LogP contribution in [0.15, 0.2) is 11.0 Å². The van der Waals surface area contributed by atoms with Gasteiger partial charge in [0.2, 0.25) is 5.91 Å². The van der Waals surface area contributed by atoms with E-state index in [4.69, 9.17) is 30.7 Å². The lowest BCUT2D eigenvalue weighted by Gasteiger charge is -2.19. The van der Waals surface area contributed by atoms with Crippen LogP contribution in [0.2, 0.25) is 0 Å². The van der Waals surface area contributed by atoms with Crippen LogP contribution in [0.3, 0.4) is 0 Å². The summed E-state index contributed by atoms with van der Waals surface area (Å²) in [5, 5.41) is 2.51. The van der Waals surface area contributed by atoms with E-state index in [1.54, 1.807) is 0 Å². The zero-order chi connectivity index (χ0) is 28.6. The van der Waals surface area contributed by atoms with E-state index >= 15 is 0 Å². The summed E-state index contributed by atoms with van der Waals surface area (Å²) in [6.07, 6.45) is -0.0630.